The van der Waals surface area contributed by atoms with E-state index in [-0.39, 0.29) is 0 Å². The summed E-state index contributed by atoms with van der Waals surface area (Å²) in [5.41, 5.74) is 6.07. The molecule has 0 bridgehead atoms. The fourth-order valence-electron chi connectivity index (χ4n) is 2.72. The summed E-state index contributed by atoms with van der Waals surface area (Å²) in [6, 6.07) is 6.46. The van der Waals surface area contributed by atoms with Gasteiger partial charge in [0.1, 0.15) is 0 Å². The molecule has 4 heteroatoms. The number of anilines is 2. The van der Waals surface area contributed by atoms with E-state index >= 15 is 0 Å². The molecule has 0 atom stereocenters. The molecule has 1 aliphatic carbocycles. The number of hydrogen-bond acceptors (Lipinski definition) is 3. The average Bonchev–Trinajstić information content (AvgIpc) is 2.48. The van der Waals surface area contributed by atoms with E-state index in [0.717, 1.165) is 29.1 Å². The number of aryl methyl sites for hydroxylation is 1. The van der Waals surface area contributed by atoms with Gasteiger partial charge >= 0.3 is 0 Å². The van der Waals surface area contributed by atoms with Crippen molar-refractivity contribution in [2.24, 2.45) is 0 Å². The van der Waals surface area contributed by atoms with Crippen molar-refractivity contribution >= 4 is 23.1 Å². The van der Waals surface area contributed by atoms with Crippen molar-refractivity contribution in [3.8, 4) is 0 Å². The van der Waals surface area contributed by atoms with Gasteiger partial charge in [0.15, 0.2) is 11.0 Å². The normalized spacial score (nSPS) is 13.9. The number of halogens is 1. The number of fused-ring (bicyclic) bond motifs is 1. The van der Waals surface area contributed by atoms with Crippen LogP contribution in [0.5, 0.6) is 0 Å². The van der Waals surface area contributed by atoms with Gasteiger partial charge in [-0.25, -0.2) is 0 Å². The Labute approximate surface area is 124 Å². The lowest BCUT2D eigenvalue weighted by Gasteiger charge is -2.20. The number of aromatic nitrogens is 2. The zero-order valence-corrected chi connectivity index (χ0v) is 12.6. The molecule has 1 aromatic heterocycles. The highest BCUT2D eigenvalue weighted by Crippen LogP contribution is 2.31. The highest BCUT2D eigenvalue weighted by molar-refractivity contribution is 6.30. The molecule has 0 saturated carbocycles. The summed E-state index contributed by atoms with van der Waals surface area (Å²) in [6.45, 7) is 3.99. The van der Waals surface area contributed by atoms with Gasteiger partial charge in [0.25, 0.3) is 0 Å². The highest BCUT2D eigenvalue weighted by Gasteiger charge is 2.15. The third-order valence-corrected chi connectivity index (χ3v) is 4.47. The molecule has 3 nitrogen and oxygen atoms in total. The van der Waals surface area contributed by atoms with Crippen LogP contribution in [0, 0.1) is 13.8 Å². The zero-order chi connectivity index (χ0) is 14.1. The van der Waals surface area contributed by atoms with Crippen molar-refractivity contribution in [3.63, 3.8) is 0 Å². The van der Waals surface area contributed by atoms with Crippen molar-refractivity contribution in [3.05, 3.63) is 45.6 Å². The summed E-state index contributed by atoms with van der Waals surface area (Å²) in [7, 11) is 0. The third-order valence-electron chi connectivity index (χ3n) is 4.11. The summed E-state index contributed by atoms with van der Waals surface area (Å²) < 4.78 is 0. The summed E-state index contributed by atoms with van der Waals surface area (Å²) in [5, 5.41) is 12.1. The van der Waals surface area contributed by atoms with Gasteiger partial charge in [0.2, 0.25) is 0 Å². The highest BCUT2D eigenvalue weighted by atomic mass is 35.5. The lowest BCUT2D eigenvalue weighted by molar-refractivity contribution is 0.687. The molecule has 0 spiro atoms. The van der Waals surface area contributed by atoms with Crippen molar-refractivity contribution in [2.75, 3.05) is 5.32 Å². The summed E-state index contributed by atoms with van der Waals surface area (Å²) in [6.07, 6.45) is 4.86. The number of nitrogens with one attached hydrogen (secondary N) is 1. The number of benzene rings is 1. The molecule has 1 aliphatic rings. The Balaban J connectivity index is 1.98. The van der Waals surface area contributed by atoms with Crippen molar-refractivity contribution < 1.29 is 0 Å². The number of rotatable bonds is 2. The molecule has 104 valence electrons. The van der Waals surface area contributed by atoms with Crippen LogP contribution in [-0.2, 0) is 12.8 Å². The number of hydrogen-bond donors (Lipinski definition) is 1. The molecule has 1 N–H and O–H groups in total. The van der Waals surface area contributed by atoms with E-state index in [2.05, 4.69) is 33.7 Å². The van der Waals surface area contributed by atoms with E-state index in [1.54, 1.807) is 0 Å². The first-order chi connectivity index (χ1) is 9.66. The molecule has 2 aromatic rings. The molecular weight excluding hydrogens is 270 g/mol. The fraction of sp³-hybridized carbons (Fsp3) is 0.375. The molecule has 0 radical (unpaired) electrons. The second-order valence-corrected chi connectivity index (χ2v) is 5.72. The predicted molar refractivity (Wildman–Crippen MR) is 82.9 cm³/mol. The fourth-order valence-corrected chi connectivity index (χ4v) is 2.90. The van der Waals surface area contributed by atoms with Crippen molar-refractivity contribution in [1.29, 1.82) is 0 Å². The van der Waals surface area contributed by atoms with Crippen LogP contribution in [0.2, 0.25) is 5.15 Å². The van der Waals surface area contributed by atoms with E-state index in [0.29, 0.717) is 5.15 Å². The van der Waals surface area contributed by atoms with Crippen LogP contribution < -0.4 is 5.32 Å². The van der Waals surface area contributed by atoms with Crippen LogP contribution in [0.25, 0.3) is 0 Å². The zero-order valence-electron chi connectivity index (χ0n) is 11.8. The largest absolute Gasteiger partial charge is 0.338 e. The molecule has 1 aromatic carbocycles. The first-order valence-corrected chi connectivity index (χ1v) is 7.42. The van der Waals surface area contributed by atoms with E-state index < -0.39 is 0 Å². The molecule has 20 heavy (non-hydrogen) atoms. The lowest BCUT2D eigenvalue weighted by Crippen LogP contribution is -2.08. The summed E-state index contributed by atoms with van der Waals surface area (Å²) >= 11 is 6.00. The minimum Gasteiger partial charge on any atom is -0.338 e. The molecular formula is C16H18ClN3. The molecule has 1 heterocycles. The first kappa shape index (κ1) is 13.4. The van der Waals surface area contributed by atoms with Crippen LogP contribution in [-0.4, -0.2) is 10.2 Å². The second kappa shape index (κ2) is 5.41. The monoisotopic (exact) mass is 287 g/mol. The van der Waals surface area contributed by atoms with Gasteiger partial charge in [-0.15, -0.1) is 10.2 Å². The van der Waals surface area contributed by atoms with E-state index in [1.165, 1.54) is 30.4 Å². The quantitative estimate of drug-likeness (QED) is 0.891. The lowest BCUT2D eigenvalue weighted by atomic mass is 9.90. The van der Waals surface area contributed by atoms with Gasteiger partial charge in [-0.2, -0.15) is 0 Å². The molecule has 3 rings (SSSR count). The third kappa shape index (κ3) is 2.38. The number of nitrogens with zero attached hydrogens (tertiary/aromatic N) is 2. The maximum Gasteiger partial charge on any atom is 0.156 e. The van der Waals surface area contributed by atoms with Crippen LogP contribution in [0.1, 0.15) is 35.1 Å². The van der Waals surface area contributed by atoms with Crippen LogP contribution in [0.3, 0.4) is 0 Å². The molecule has 0 fully saturated rings. The Hall–Kier alpha value is -1.61. The van der Waals surface area contributed by atoms with E-state index in [1.807, 2.05) is 13.8 Å². The maximum absolute atomic E-state index is 6.00. The van der Waals surface area contributed by atoms with E-state index in [9.17, 15) is 0 Å². The minimum absolute atomic E-state index is 0.475. The average molecular weight is 288 g/mol. The maximum atomic E-state index is 6.00. The van der Waals surface area contributed by atoms with Gasteiger partial charge in [-0.05, 0) is 67.9 Å². The van der Waals surface area contributed by atoms with Crippen molar-refractivity contribution in [2.45, 2.75) is 39.5 Å². The van der Waals surface area contributed by atoms with Gasteiger partial charge in [-0.3, -0.25) is 0 Å². The van der Waals surface area contributed by atoms with Crippen LogP contribution >= 0.6 is 11.6 Å². The second-order valence-electron chi connectivity index (χ2n) is 5.36. The van der Waals surface area contributed by atoms with Gasteiger partial charge in [0, 0.05) is 5.69 Å². The topological polar surface area (TPSA) is 37.8 Å². The SMILES string of the molecule is Cc1c(Cl)nnc(Nc2cccc3c2CCCC3)c1C. The van der Waals surface area contributed by atoms with E-state index in [4.69, 9.17) is 11.6 Å². The summed E-state index contributed by atoms with van der Waals surface area (Å²) in [5.74, 6) is 0.797. The van der Waals surface area contributed by atoms with Crippen LogP contribution in [0.15, 0.2) is 18.2 Å². The van der Waals surface area contributed by atoms with Gasteiger partial charge < -0.3 is 5.32 Å². The summed E-state index contributed by atoms with van der Waals surface area (Å²) in [4.78, 5) is 0. The first-order valence-electron chi connectivity index (χ1n) is 7.04. The van der Waals surface area contributed by atoms with Crippen molar-refractivity contribution in [1.82, 2.24) is 10.2 Å². The van der Waals surface area contributed by atoms with Gasteiger partial charge in [-0.1, -0.05) is 23.7 Å². The standard InChI is InChI=1S/C16H18ClN3/c1-10-11(2)16(20-19-15(10)17)18-14-9-5-7-12-6-3-4-8-13(12)14/h5,7,9H,3-4,6,8H2,1-2H3,(H,18,20). The Morgan fingerprint density at radius 3 is 2.70 bits per heavy atom. The Morgan fingerprint density at radius 2 is 1.85 bits per heavy atom. The molecule has 0 unspecified atom stereocenters. The molecule has 0 amide bonds. The molecule has 0 saturated heterocycles. The van der Waals surface area contributed by atoms with Crippen LogP contribution in [0.4, 0.5) is 11.5 Å². The minimum atomic E-state index is 0.475. The predicted octanol–water partition coefficient (Wildman–Crippen LogP) is 4.37. The molecule has 0 aliphatic heterocycles. The Bertz CT molecular complexity index is 652. The van der Waals surface area contributed by atoms with Gasteiger partial charge in [0.05, 0.1) is 0 Å². The Kier molecular flexibility index (Phi) is 3.62. The Morgan fingerprint density at radius 1 is 1.05 bits per heavy atom. The smallest absolute Gasteiger partial charge is 0.156 e.